The van der Waals surface area contributed by atoms with Gasteiger partial charge in [0.05, 0.1) is 10.5 Å². The molecule has 24 heavy (non-hydrogen) atoms. The van der Waals surface area contributed by atoms with E-state index in [0.29, 0.717) is 5.69 Å². The molecule has 0 saturated carbocycles. The van der Waals surface area contributed by atoms with Gasteiger partial charge in [-0.25, -0.2) is 0 Å². The molecule has 9 heteroatoms. The average Bonchev–Trinajstić information content (AvgIpc) is 2.53. The highest BCUT2D eigenvalue weighted by atomic mass is 19.4. The van der Waals surface area contributed by atoms with Gasteiger partial charge in [0.1, 0.15) is 5.75 Å². The molecule has 0 aliphatic rings. The van der Waals surface area contributed by atoms with Crippen molar-refractivity contribution < 1.29 is 27.6 Å². The quantitative estimate of drug-likeness (QED) is 0.666. The maximum Gasteiger partial charge on any atom is 0.416 e. The molecule has 0 saturated heterocycles. The van der Waals surface area contributed by atoms with Gasteiger partial charge in [0.2, 0.25) is 0 Å². The summed E-state index contributed by atoms with van der Waals surface area (Å²) < 4.78 is 42.7. The topological polar surface area (TPSA) is 81.5 Å². The van der Waals surface area contributed by atoms with Gasteiger partial charge in [-0.3, -0.25) is 14.9 Å². The number of hydrogen-bond donors (Lipinski definition) is 1. The number of carbonyl (C=O) groups is 1. The minimum Gasteiger partial charge on any atom is -0.484 e. The molecule has 2 aromatic rings. The molecule has 126 valence electrons. The molecule has 0 radical (unpaired) electrons. The van der Waals surface area contributed by atoms with Crippen LogP contribution in [-0.2, 0) is 11.0 Å². The highest BCUT2D eigenvalue weighted by Gasteiger charge is 2.30. The standard InChI is InChI=1S/C15H11F3N2O4/c16-15(17,18)10-2-1-3-13(8-10)24-9-14(21)19-11-4-6-12(7-5-11)20(22)23/h1-8H,9H2,(H,19,21). The predicted octanol–water partition coefficient (Wildman–Crippen LogP) is 3.63. The third kappa shape index (κ3) is 4.70. The number of amides is 1. The number of nitrogens with zero attached hydrogens (tertiary/aromatic N) is 1. The SMILES string of the molecule is O=C(COc1cccc(C(F)(F)F)c1)Nc1ccc([N+](=O)[O-])cc1. The van der Waals surface area contributed by atoms with Gasteiger partial charge in [-0.15, -0.1) is 0 Å². The van der Waals surface area contributed by atoms with E-state index in [1.807, 2.05) is 0 Å². The average molecular weight is 340 g/mol. The fourth-order valence-corrected chi connectivity index (χ4v) is 1.77. The first-order valence-corrected chi connectivity index (χ1v) is 6.60. The number of benzene rings is 2. The van der Waals surface area contributed by atoms with Crippen molar-refractivity contribution in [3.8, 4) is 5.75 Å². The summed E-state index contributed by atoms with van der Waals surface area (Å²) in [6.07, 6.45) is -4.50. The summed E-state index contributed by atoms with van der Waals surface area (Å²) in [5.41, 5.74) is -0.706. The number of alkyl halides is 3. The predicted molar refractivity (Wildman–Crippen MR) is 78.7 cm³/mol. The molecule has 1 amide bonds. The van der Waals surface area contributed by atoms with Crippen LogP contribution in [0.2, 0.25) is 0 Å². The normalized spacial score (nSPS) is 11.0. The van der Waals surface area contributed by atoms with Crippen LogP contribution in [0.25, 0.3) is 0 Å². The maximum absolute atomic E-state index is 12.6. The van der Waals surface area contributed by atoms with E-state index in [4.69, 9.17) is 4.74 Å². The minimum absolute atomic E-state index is 0.0938. The Morgan fingerprint density at radius 3 is 2.42 bits per heavy atom. The van der Waals surface area contributed by atoms with Crippen LogP contribution in [0.15, 0.2) is 48.5 Å². The summed E-state index contributed by atoms with van der Waals surface area (Å²) in [4.78, 5) is 21.6. The monoisotopic (exact) mass is 340 g/mol. The number of nitrogens with one attached hydrogen (secondary N) is 1. The molecule has 2 aromatic carbocycles. The second-order valence-corrected chi connectivity index (χ2v) is 4.67. The molecule has 0 fully saturated rings. The molecule has 0 spiro atoms. The van der Waals surface area contributed by atoms with Gasteiger partial charge in [-0.05, 0) is 30.3 Å². The van der Waals surface area contributed by atoms with Crippen LogP contribution in [-0.4, -0.2) is 17.4 Å². The number of halogens is 3. The molecule has 0 aromatic heterocycles. The fourth-order valence-electron chi connectivity index (χ4n) is 1.77. The lowest BCUT2D eigenvalue weighted by molar-refractivity contribution is -0.384. The van der Waals surface area contributed by atoms with Gasteiger partial charge >= 0.3 is 6.18 Å². The Bertz CT molecular complexity index is 745. The van der Waals surface area contributed by atoms with E-state index in [1.54, 1.807) is 0 Å². The van der Waals surface area contributed by atoms with Gasteiger partial charge in [0.25, 0.3) is 11.6 Å². The molecule has 0 aliphatic heterocycles. The number of nitro benzene ring substituents is 1. The van der Waals surface area contributed by atoms with Crippen molar-refractivity contribution >= 4 is 17.3 Å². The number of carbonyl (C=O) groups excluding carboxylic acids is 1. The minimum atomic E-state index is -4.50. The fraction of sp³-hybridized carbons (Fsp3) is 0.133. The second-order valence-electron chi connectivity index (χ2n) is 4.67. The van der Waals surface area contributed by atoms with Gasteiger partial charge in [-0.1, -0.05) is 6.07 Å². The molecule has 0 atom stereocenters. The molecular weight excluding hydrogens is 329 g/mol. The third-order valence-corrected chi connectivity index (χ3v) is 2.89. The van der Waals surface area contributed by atoms with Crippen LogP contribution in [0, 0.1) is 10.1 Å². The highest BCUT2D eigenvalue weighted by molar-refractivity contribution is 5.91. The molecule has 0 unspecified atom stereocenters. The number of rotatable bonds is 5. The first-order chi connectivity index (χ1) is 11.3. The molecule has 1 N–H and O–H groups in total. The lowest BCUT2D eigenvalue weighted by atomic mass is 10.2. The van der Waals surface area contributed by atoms with Crippen molar-refractivity contribution in [2.75, 3.05) is 11.9 Å². The number of hydrogen-bond acceptors (Lipinski definition) is 4. The Morgan fingerprint density at radius 2 is 1.83 bits per heavy atom. The number of non-ortho nitro benzene ring substituents is 1. The number of anilines is 1. The van der Waals surface area contributed by atoms with Crippen LogP contribution < -0.4 is 10.1 Å². The van der Waals surface area contributed by atoms with E-state index in [1.165, 1.54) is 36.4 Å². The summed E-state index contributed by atoms with van der Waals surface area (Å²) in [7, 11) is 0. The number of nitro groups is 1. The van der Waals surface area contributed by atoms with Gasteiger partial charge in [0.15, 0.2) is 6.61 Å². The largest absolute Gasteiger partial charge is 0.484 e. The first-order valence-electron chi connectivity index (χ1n) is 6.60. The third-order valence-electron chi connectivity index (χ3n) is 2.89. The van der Waals surface area contributed by atoms with Gasteiger partial charge in [-0.2, -0.15) is 13.2 Å². The molecular formula is C15H11F3N2O4. The smallest absolute Gasteiger partial charge is 0.416 e. The zero-order valence-electron chi connectivity index (χ0n) is 12.0. The van der Waals surface area contributed by atoms with E-state index in [-0.39, 0.29) is 11.4 Å². The Labute approximate surface area is 134 Å². The van der Waals surface area contributed by atoms with Crippen LogP contribution in [0.5, 0.6) is 5.75 Å². The van der Waals surface area contributed by atoms with Crippen molar-refractivity contribution in [1.82, 2.24) is 0 Å². The Balaban J connectivity index is 1.92. The maximum atomic E-state index is 12.6. The zero-order valence-corrected chi connectivity index (χ0v) is 12.0. The first kappa shape index (κ1) is 17.3. The molecule has 0 heterocycles. The van der Waals surface area contributed by atoms with E-state index < -0.39 is 29.2 Å². The van der Waals surface area contributed by atoms with E-state index in [2.05, 4.69) is 5.32 Å². The van der Waals surface area contributed by atoms with Gasteiger partial charge < -0.3 is 10.1 Å². The van der Waals surface area contributed by atoms with Crippen molar-refractivity contribution in [2.45, 2.75) is 6.18 Å². The number of ether oxygens (including phenoxy) is 1. The van der Waals surface area contributed by atoms with E-state index >= 15 is 0 Å². The van der Waals surface area contributed by atoms with Crippen LogP contribution >= 0.6 is 0 Å². The molecule has 6 nitrogen and oxygen atoms in total. The lowest BCUT2D eigenvalue weighted by Crippen LogP contribution is -2.20. The Kier molecular flexibility index (Phi) is 5.02. The van der Waals surface area contributed by atoms with Crippen LogP contribution in [0.1, 0.15) is 5.56 Å². The second kappa shape index (κ2) is 6.99. The highest BCUT2D eigenvalue weighted by Crippen LogP contribution is 2.31. The van der Waals surface area contributed by atoms with Crippen molar-refractivity contribution in [1.29, 1.82) is 0 Å². The summed E-state index contributed by atoms with van der Waals surface area (Å²) in [5.74, 6) is -0.704. The van der Waals surface area contributed by atoms with E-state index in [9.17, 15) is 28.1 Å². The van der Waals surface area contributed by atoms with Crippen molar-refractivity contribution in [3.63, 3.8) is 0 Å². The summed E-state index contributed by atoms with van der Waals surface area (Å²) in [6.45, 7) is -0.502. The summed E-state index contributed by atoms with van der Waals surface area (Å²) >= 11 is 0. The summed E-state index contributed by atoms with van der Waals surface area (Å²) in [6, 6.07) is 9.25. The van der Waals surface area contributed by atoms with Crippen molar-refractivity contribution in [2.24, 2.45) is 0 Å². The van der Waals surface area contributed by atoms with Crippen molar-refractivity contribution in [3.05, 3.63) is 64.2 Å². The lowest BCUT2D eigenvalue weighted by Gasteiger charge is -2.10. The zero-order chi connectivity index (χ0) is 17.7. The van der Waals surface area contributed by atoms with Gasteiger partial charge in [0, 0.05) is 17.8 Å². The molecule has 0 bridgehead atoms. The molecule has 2 rings (SSSR count). The molecule has 0 aliphatic carbocycles. The van der Waals surface area contributed by atoms with Crippen LogP contribution in [0.3, 0.4) is 0 Å². The Morgan fingerprint density at radius 1 is 1.17 bits per heavy atom. The van der Waals surface area contributed by atoms with E-state index in [0.717, 1.165) is 12.1 Å². The summed E-state index contributed by atoms with van der Waals surface area (Å²) in [5, 5.41) is 12.9. The Hall–Kier alpha value is -3.10. The van der Waals surface area contributed by atoms with Crippen LogP contribution in [0.4, 0.5) is 24.5 Å².